The van der Waals surface area contributed by atoms with E-state index in [-0.39, 0.29) is 24.0 Å². The molecule has 3 rings (SSSR count). The number of hydrogen-bond donors (Lipinski definition) is 1. The largest absolute Gasteiger partial charge is 0.444 e. The number of benzene rings is 1. The summed E-state index contributed by atoms with van der Waals surface area (Å²) < 4.78 is 18.8. The lowest BCUT2D eigenvalue weighted by Gasteiger charge is -2.03. The van der Waals surface area contributed by atoms with Crippen molar-refractivity contribution < 1.29 is 13.6 Å². The Hall–Kier alpha value is -2.60. The molecule has 0 radical (unpaired) electrons. The van der Waals surface area contributed by atoms with E-state index in [1.165, 1.54) is 35.7 Å². The third kappa shape index (κ3) is 4.48. The summed E-state index contributed by atoms with van der Waals surface area (Å²) in [5, 5.41) is 3.35. The molecule has 0 bridgehead atoms. The van der Waals surface area contributed by atoms with Crippen LogP contribution < -0.4 is 5.32 Å². The zero-order valence-electron chi connectivity index (χ0n) is 13.9. The quantitative estimate of drug-likeness (QED) is 0.731. The van der Waals surface area contributed by atoms with Gasteiger partial charge in [0.1, 0.15) is 5.82 Å². The molecule has 128 valence electrons. The molecule has 0 fully saturated rings. The van der Waals surface area contributed by atoms with Gasteiger partial charge in [-0.2, -0.15) is 0 Å². The maximum Gasteiger partial charge on any atom is 0.287 e. The minimum atomic E-state index is -0.384. The summed E-state index contributed by atoms with van der Waals surface area (Å²) in [6, 6.07) is 12.4. The van der Waals surface area contributed by atoms with E-state index >= 15 is 0 Å². The predicted octanol–water partition coefficient (Wildman–Crippen LogP) is 4.51. The first-order valence-corrected chi connectivity index (χ1v) is 8.56. The van der Waals surface area contributed by atoms with Crippen molar-refractivity contribution >= 4 is 17.7 Å². The van der Waals surface area contributed by atoms with E-state index in [1.807, 2.05) is 44.2 Å². The molecule has 2 heterocycles. The van der Waals surface area contributed by atoms with Crippen molar-refractivity contribution in [2.75, 3.05) is 0 Å². The van der Waals surface area contributed by atoms with E-state index in [4.69, 9.17) is 4.42 Å². The van der Waals surface area contributed by atoms with Crippen LogP contribution in [0.3, 0.4) is 0 Å². The number of hydrogen-bond acceptors (Lipinski definition) is 4. The molecule has 0 aliphatic rings. The molecule has 0 atom stereocenters. The second-order valence-corrected chi connectivity index (χ2v) is 6.72. The summed E-state index contributed by atoms with van der Waals surface area (Å²) >= 11 is 1.46. The summed E-state index contributed by atoms with van der Waals surface area (Å²) in [4.78, 5) is 17.3. The number of carbonyl (C=O) groups is 1. The van der Waals surface area contributed by atoms with E-state index < -0.39 is 0 Å². The van der Waals surface area contributed by atoms with Gasteiger partial charge in [-0.3, -0.25) is 9.78 Å². The molecule has 1 N–H and O–H groups in total. The first kappa shape index (κ1) is 17.2. The number of amides is 1. The third-order valence-electron chi connectivity index (χ3n) is 3.55. The molecule has 4 nitrogen and oxygen atoms in total. The van der Waals surface area contributed by atoms with Crippen LogP contribution in [0, 0.1) is 19.7 Å². The van der Waals surface area contributed by atoms with Crippen LogP contribution in [0.4, 0.5) is 4.39 Å². The maximum absolute atomic E-state index is 13.1. The Labute approximate surface area is 149 Å². The topological polar surface area (TPSA) is 55.1 Å². The monoisotopic (exact) mass is 356 g/mol. The molecule has 0 saturated carbocycles. The van der Waals surface area contributed by atoms with Crippen molar-refractivity contribution in [1.82, 2.24) is 10.3 Å². The lowest BCUT2D eigenvalue weighted by atomic mass is 10.2. The van der Waals surface area contributed by atoms with Crippen LogP contribution in [0.5, 0.6) is 0 Å². The van der Waals surface area contributed by atoms with Crippen molar-refractivity contribution in [3.8, 4) is 0 Å². The second kappa shape index (κ2) is 7.53. The number of nitrogens with zero attached hydrogens (tertiary/aromatic N) is 1. The summed E-state index contributed by atoms with van der Waals surface area (Å²) in [5.41, 5.74) is 2.39. The van der Waals surface area contributed by atoms with Crippen LogP contribution >= 0.6 is 11.8 Å². The number of aryl methyl sites for hydroxylation is 2. The molecular weight excluding hydrogens is 339 g/mol. The molecule has 0 aliphatic heterocycles. The molecule has 3 aromatic rings. The minimum absolute atomic E-state index is 0.136. The fraction of sp³-hybridized carbons (Fsp3) is 0.158. The van der Waals surface area contributed by atoms with Gasteiger partial charge in [-0.25, -0.2) is 4.39 Å². The smallest absolute Gasteiger partial charge is 0.287 e. The Morgan fingerprint density at radius 2 is 1.96 bits per heavy atom. The van der Waals surface area contributed by atoms with Crippen molar-refractivity contribution in [3.63, 3.8) is 0 Å². The lowest BCUT2D eigenvalue weighted by molar-refractivity contribution is 0.0916. The van der Waals surface area contributed by atoms with Gasteiger partial charge in [-0.1, -0.05) is 29.5 Å². The number of rotatable bonds is 5. The summed E-state index contributed by atoms with van der Waals surface area (Å²) in [6.45, 7) is 3.98. The van der Waals surface area contributed by atoms with Gasteiger partial charge in [0, 0.05) is 16.7 Å². The van der Waals surface area contributed by atoms with Crippen molar-refractivity contribution in [2.24, 2.45) is 0 Å². The van der Waals surface area contributed by atoms with Gasteiger partial charge in [0.2, 0.25) is 0 Å². The summed E-state index contributed by atoms with van der Waals surface area (Å²) in [5.74, 6) is -0.476. The molecule has 2 aromatic heterocycles. The van der Waals surface area contributed by atoms with Crippen LogP contribution in [0.1, 0.15) is 27.4 Å². The highest BCUT2D eigenvalue weighted by Gasteiger charge is 2.16. The molecule has 1 aromatic carbocycles. The average Bonchev–Trinajstić information content (AvgIpc) is 2.95. The van der Waals surface area contributed by atoms with E-state index in [0.717, 1.165) is 10.5 Å². The number of halogens is 1. The van der Waals surface area contributed by atoms with Gasteiger partial charge in [0.05, 0.1) is 12.2 Å². The first-order chi connectivity index (χ1) is 12.0. The van der Waals surface area contributed by atoms with Gasteiger partial charge in [0.25, 0.3) is 5.91 Å². The first-order valence-electron chi connectivity index (χ1n) is 7.75. The van der Waals surface area contributed by atoms with Crippen LogP contribution in [0.15, 0.2) is 63.1 Å². The van der Waals surface area contributed by atoms with Crippen LogP contribution in [-0.2, 0) is 6.54 Å². The normalized spacial score (nSPS) is 10.7. The van der Waals surface area contributed by atoms with E-state index in [0.29, 0.717) is 10.8 Å². The van der Waals surface area contributed by atoms with Gasteiger partial charge in [0.15, 0.2) is 10.9 Å². The third-order valence-corrected chi connectivity index (χ3v) is 4.46. The van der Waals surface area contributed by atoms with Crippen molar-refractivity contribution in [2.45, 2.75) is 30.4 Å². The molecule has 1 amide bonds. The molecule has 25 heavy (non-hydrogen) atoms. The van der Waals surface area contributed by atoms with Crippen molar-refractivity contribution in [3.05, 3.63) is 77.1 Å². The fourth-order valence-corrected chi connectivity index (χ4v) is 3.11. The molecule has 6 heteroatoms. The van der Waals surface area contributed by atoms with Gasteiger partial charge in [-0.05, 0) is 44.2 Å². The van der Waals surface area contributed by atoms with Crippen LogP contribution in [-0.4, -0.2) is 10.9 Å². The molecule has 0 saturated heterocycles. The maximum atomic E-state index is 13.1. The Morgan fingerprint density at radius 3 is 2.68 bits per heavy atom. The highest BCUT2D eigenvalue weighted by molar-refractivity contribution is 7.99. The van der Waals surface area contributed by atoms with E-state index in [9.17, 15) is 9.18 Å². The molecular formula is C19H17FN2O2S. The fourth-order valence-electron chi connectivity index (χ4n) is 2.25. The van der Waals surface area contributed by atoms with Gasteiger partial charge in [-0.15, -0.1) is 0 Å². The lowest BCUT2D eigenvalue weighted by Crippen LogP contribution is -2.23. The van der Waals surface area contributed by atoms with Gasteiger partial charge >= 0.3 is 0 Å². The molecule has 0 unspecified atom stereocenters. The standard InChI is InChI=1S/C19H17FN2O2S/c1-12-3-5-16(6-4-12)25-17-9-13(2)18(24-17)19(23)22-11-15-10-14(20)7-8-21-15/h3-10H,11H2,1-2H3,(H,22,23). The molecule has 0 aliphatic carbocycles. The van der Waals surface area contributed by atoms with E-state index in [1.54, 1.807) is 0 Å². The van der Waals surface area contributed by atoms with Crippen LogP contribution in [0.2, 0.25) is 0 Å². The van der Waals surface area contributed by atoms with Crippen molar-refractivity contribution in [1.29, 1.82) is 0 Å². The van der Waals surface area contributed by atoms with Gasteiger partial charge < -0.3 is 9.73 Å². The van der Waals surface area contributed by atoms with Crippen LogP contribution in [0.25, 0.3) is 0 Å². The molecule has 0 spiro atoms. The SMILES string of the molecule is Cc1ccc(Sc2cc(C)c(C(=O)NCc3cc(F)ccn3)o2)cc1. The minimum Gasteiger partial charge on any atom is -0.444 e. The zero-order chi connectivity index (χ0) is 17.8. The predicted molar refractivity (Wildman–Crippen MR) is 94.1 cm³/mol. The Kier molecular flexibility index (Phi) is 5.19. The summed E-state index contributed by atoms with van der Waals surface area (Å²) in [7, 11) is 0. The van der Waals surface area contributed by atoms with E-state index in [2.05, 4.69) is 10.3 Å². The summed E-state index contributed by atoms with van der Waals surface area (Å²) in [6.07, 6.45) is 1.37. The highest BCUT2D eigenvalue weighted by atomic mass is 32.2. The number of pyridine rings is 1. The Balaban J connectivity index is 1.66. The highest BCUT2D eigenvalue weighted by Crippen LogP contribution is 2.31. The number of nitrogens with one attached hydrogen (secondary N) is 1. The second-order valence-electron chi connectivity index (χ2n) is 5.64. The number of aromatic nitrogens is 1. The Morgan fingerprint density at radius 1 is 1.20 bits per heavy atom. The number of furan rings is 1. The number of carbonyl (C=O) groups excluding carboxylic acids is 1. The average molecular weight is 356 g/mol. The zero-order valence-corrected chi connectivity index (χ0v) is 14.7. The Bertz CT molecular complexity index is 891.